The van der Waals surface area contributed by atoms with E-state index in [0.717, 1.165) is 41.5 Å². The maximum atomic E-state index is 11.7. The fourth-order valence-corrected chi connectivity index (χ4v) is 5.05. The van der Waals surface area contributed by atoms with Gasteiger partial charge in [-0.2, -0.15) is 4.52 Å². The molecule has 3 aromatic rings. The highest BCUT2D eigenvalue weighted by atomic mass is 32.1. The Bertz CT molecular complexity index is 1010. The number of quaternary nitrogens is 1. The first-order chi connectivity index (χ1) is 14.0. The second-order valence-corrected chi connectivity index (χ2v) is 8.25. The zero-order valence-corrected chi connectivity index (χ0v) is 17.7. The molecule has 4 rings (SSSR count). The monoisotopic (exact) mass is 416 g/mol. The Morgan fingerprint density at radius 3 is 2.55 bits per heavy atom. The number of hydrogen-bond acceptors (Lipinski definition) is 6. The van der Waals surface area contributed by atoms with Crippen LogP contribution in [0.4, 0.5) is 0 Å². The van der Waals surface area contributed by atoms with Crippen molar-refractivity contribution in [1.82, 2.24) is 19.5 Å². The highest BCUT2D eigenvalue weighted by molar-refractivity contribution is 7.17. The maximum absolute atomic E-state index is 11.7. The van der Waals surface area contributed by atoms with E-state index in [9.17, 15) is 9.90 Å². The van der Waals surface area contributed by atoms with Gasteiger partial charge in [-0.05, 0) is 24.3 Å². The van der Waals surface area contributed by atoms with Gasteiger partial charge in [0.15, 0.2) is 11.9 Å². The van der Waals surface area contributed by atoms with Gasteiger partial charge < -0.3 is 19.6 Å². The lowest BCUT2D eigenvalue weighted by Crippen LogP contribution is -3.15. The molecule has 0 aliphatic carbocycles. The summed E-state index contributed by atoms with van der Waals surface area (Å²) in [7, 11) is 1.65. The third-order valence-electron chi connectivity index (χ3n) is 5.53. The van der Waals surface area contributed by atoms with Crippen molar-refractivity contribution >= 4 is 22.2 Å². The number of carbonyl (C=O) groups is 1. The Morgan fingerprint density at radius 1 is 1.31 bits per heavy atom. The van der Waals surface area contributed by atoms with Gasteiger partial charge in [0.1, 0.15) is 10.6 Å². The molecule has 0 spiro atoms. The number of thiazole rings is 1. The molecular formula is C20H26N5O3S+. The van der Waals surface area contributed by atoms with E-state index in [-0.39, 0.29) is 17.8 Å². The minimum atomic E-state index is -0.0615. The van der Waals surface area contributed by atoms with Crippen molar-refractivity contribution < 1.29 is 19.5 Å². The molecule has 154 valence electrons. The molecule has 0 unspecified atom stereocenters. The number of hydrogen-bond donors (Lipinski definition) is 2. The number of rotatable bonds is 5. The summed E-state index contributed by atoms with van der Waals surface area (Å²) in [4.78, 5) is 21.0. The first-order valence-corrected chi connectivity index (χ1v) is 10.6. The van der Waals surface area contributed by atoms with E-state index in [1.54, 1.807) is 18.5 Å². The summed E-state index contributed by atoms with van der Waals surface area (Å²) in [5.41, 5.74) is 1.09. The van der Waals surface area contributed by atoms with Crippen molar-refractivity contribution in [2.24, 2.45) is 0 Å². The van der Waals surface area contributed by atoms with Crippen molar-refractivity contribution in [3.63, 3.8) is 0 Å². The van der Waals surface area contributed by atoms with Crippen molar-refractivity contribution in [2.75, 3.05) is 33.3 Å². The Labute approximate surface area is 173 Å². The number of benzene rings is 1. The van der Waals surface area contributed by atoms with Gasteiger partial charge in [0.2, 0.25) is 16.7 Å². The van der Waals surface area contributed by atoms with Crippen LogP contribution in [0.5, 0.6) is 11.6 Å². The summed E-state index contributed by atoms with van der Waals surface area (Å²) in [5, 5.41) is 15.4. The highest BCUT2D eigenvalue weighted by Crippen LogP contribution is 2.35. The van der Waals surface area contributed by atoms with Crippen LogP contribution in [0.1, 0.15) is 36.2 Å². The number of fused-ring (bicyclic) bond motifs is 1. The minimum absolute atomic E-state index is 0.0615. The standard InChI is InChI=1S/C20H25N5O3S/c1-4-16-21-20-25(22-16)19(27)18(29-20)17(14-5-7-15(28-3)8-6-14)24-11-9-23(10-12-24)13(2)26/h5-8,17,27H,4,9-12H2,1-3H3/p+1/t17-/m0/s1. The molecule has 1 atom stereocenters. The van der Waals surface area contributed by atoms with E-state index in [2.05, 4.69) is 10.1 Å². The molecule has 0 bridgehead atoms. The van der Waals surface area contributed by atoms with Gasteiger partial charge in [-0.3, -0.25) is 4.79 Å². The molecule has 1 amide bonds. The maximum Gasteiger partial charge on any atom is 0.235 e. The number of aromatic hydroxyl groups is 1. The number of methoxy groups -OCH3 is 1. The smallest absolute Gasteiger partial charge is 0.235 e. The predicted octanol–water partition coefficient (Wildman–Crippen LogP) is 0.904. The van der Waals surface area contributed by atoms with Crippen LogP contribution < -0.4 is 9.64 Å². The van der Waals surface area contributed by atoms with Crippen LogP contribution in [0.2, 0.25) is 0 Å². The summed E-state index contributed by atoms with van der Waals surface area (Å²) in [5.74, 6) is 1.78. The lowest BCUT2D eigenvalue weighted by atomic mass is 10.0. The van der Waals surface area contributed by atoms with E-state index in [1.807, 2.05) is 36.1 Å². The normalized spacial score (nSPS) is 16.3. The molecule has 8 nitrogen and oxygen atoms in total. The first-order valence-electron chi connectivity index (χ1n) is 9.83. The third-order valence-corrected chi connectivity index (χ3v) is 6.62. The number of piperazine rings is 1. The van der Waals surface area contributed by atoms with Gasteiger partial charge in [-0.1, -0.05) is 18.3 Å². The van der Waals surface area contributed by atoms with Crippen molar-refractivity contribution in [2.45, 2.75) is 26.3 Å². The molecule has 1 saturated heterocycles. The number of aromatic nitrogens is 3. The second kappa shape index (κ2) is 8.00. The van der Waals surface area contributed by atoms with Gasteiger partial charge in [-0.15, -0.1) is 5.10 Å². The van der Waals surface area contributed by atoms with Crippen LogP contribution in [0, 0.1) is 0 Å². The van der Waals surface area contributed by atoms with Gasteiger partial charge in [0.25, 0.3) is 0 Å². The molecule has 2 N–H and O–H groups in total. The van der Waals surface area contributed by atoms with Gasteiger partial charge in [-0.25, -0.2) is 4.98 Å². The Hall–Kier alpha value is -2.65. The van der Waals surface area contributed by atoms with Gasteiger partial charge in [0.05, 0.1) is 33.3 Å². The molecule has 1 aliphatic heterocycles. The number of carbonyl (C=O) groups excluding carboxylic acids is 1. The van der Waals surface area contributed by atoms with Crippen LogP contribution in [0.15, 0.2) is 24.3 Å². The fourth-order valence-electron chi connectivity index (χ4n) is 3.89. The topological polar surface area (TPSA) is 84.4 Å². The second-order valence-electron chi connectivity index (χ2n) is 7.24. The largest absolute Gasteiger partial charge is 0.497 e. The van der Waals surface area contributed by atoms with E-state index in [4.69, 9.17) is 4.74 Å². The number of aryl methyl sites for hydroxylation is 1. The summed E-state index contributed by atoms with van der Waals surface area (Å²) in [6.07, 6.45) is 0.726. The summed E-state index contributed by atoms with van der Waals surface area (Å²) < 4.78 is 6.85. The van der Waals surface area contributed by atoms with Gasteiger partial charge in [0, 0.05) is 18.9 Å². The third kappa shape index (κ3) is 3.67. The SMILES string of the molecule is CCc1nc2sc([C@H](c3ccc(OC)cc3)[NH+]3CCN(C(C)=O)CC3)c(O)n2n1. The summed E-state index contributed by atoms with van der Waals surface area (Å²) in [6, 6.07) is 7.91. The Morgan fingerprint density at radius 2 is 2.00 bits per heavy atom. The first kappa shape index (κ1) is 19.7. The molecule has 9 heteroatoms. The molecule has 3 heterocycles. The van der Waals surface area contributed by atoms with Crippen molar-refractivity contribution in [3.05, 3.63) is 40.5 Å². The summed E-state index contributed by atoms with van der Waals surface area (Å²) >= 11 is 1.48. The predicted molar refractivity (Wildman–Crippen MR) is 110 cm³/mol. The lowest BCUT2D eigenvalue weighted by molar-refractivity contribution is -0.929. The van der Waals surface area contributed by atoms with Gasteiger partial charge >= 0.3 is 0 Å². The number of ether oxygens (including phenoxy) is 1. The zero-order valence-electron chi connectivity index (χ0n) is 16.9. The molecular weight excluding hydrogens is 390 g/mol. The molecule has 0 radical (unpaired) electrons. The quantitative estimate of drug-likeness (QED) is 0.646. The molecule has 29 heavy (non-hydrogen) atoms. The van der Waals surface area contributed by atoms with E-state index < -0.39 is 0 Å². The highest BCUT2D eigenvalue weighted by Gasteiger charge is 2.35. The van der Waals surface area contributed by atoms with Crippen molar-refractivity contribution in [1.29, 1.82) is 0 Å². The number of nitrogens with zero attached hydrogens (tertiary/aromatic N) is 4. The molecule has 2 aromatic heterocycles. The van der Waals surface area contributed by atoms with Crippen molar-refractivity contribution in [3.8, 4) is 11.6 Å². The van der Waals surface area contributed by atoms with E-state index in [0.29, 0.717) is 18.1 Å². The zero-order chi connectivity index (χ0) is 20.5. The van der Waals surface area contributed by atoms with Crippen LogP contribution in [0.3, 0.4) is 0 Å². The van der Waals surface area contributed by atoms with Crippen LogP contribution in [-0.4, -0.2) is 63.8 Å². The Kier molecular flexibility index (Phi) is 5.42. The number of amides is 1. The fraction of sp³-hybridized carbons (Fsp3) is 0.450. The Balaban J connectivity index is 1.73. The van der Waals surface area contributed by atoms with E-state index >= 15 is 0 Å². The molecule has 0 saturated carbocycles. The molecule has 1 fully saturated rings. The average Bonchev–Trinajstić information content (AvgIpc) is 3.28. The van der Waals surface area contributed by atoms with Crippen LogP contribution in [0.25, 0.3) is 4.96 Å². The van der Waals surface area contributed by atoms with E-state index in [1.165, 1.54) is 16.2 Å². The summed E-state index contributed by atoms with van der Waals surface area (Å²) in [6.45, 7) is 6.64. The minimum Gasteiger partial charge on any atom is -0.497 e. The average molecular weight is 417 g/mol. The van der Waals surface area contributed by atoms with Crippen LogP contribution >= 0.6 is 11.3 Å². The number of nitrogens with one attached hydrogen (secondary N) is 1. The molecule has 1 aliphatic rings. The van der Waals surface area contributed by atoms with Crippen LogP contribution in [-0.2, 0) is 11.2 Å². The molecule has 1 aromatic carbocycles. The lowest BCUT2D eigenvalue weighted by Gasteiger charge is -2.36.